The van der Waals surface area contributed by atoms with Gasteiger partial charge >= 0.3 is 0 Å². The van der Waals surface area contributed by atoms with Gasteiger partial charge in [-0.25, -0.2) is 0 Å². The van der Waals surface area contributed by atoms with E-state index in [2.05, 4.69) is 13.0 Å². The number of hydrogen-bond donors (Lipinski definition) is 3. The van der Waals surface area contributed by atoms with Crippen LogP contribution in [0.4, 0.5) is 0 Å². The first-order valence-corrected chi connectivity index (χ1v) is 14.2. The Labute approximate surface area is 223 Å². The summed E-state index contributed by atoms with van der Waals surface area (Å²) in [5.41, 5.74) is -5.66. The van der Waals surface area contributed by atoms with Crippen LogP contribution in [0.1, 0.15) is 66.2 Å². The molecule has 3 aliphatic carbocycles. The first-order valence-electron chi connectivity index (χ1n) is 14.2. The molecule has 3 saturated heterocycles. The SMILES string of the molecule is CCCCCC=CC=CC12CC3C4C5OC5(CO)C(O)C5(O)C(=O)C(C)=CC5C4(O1)C(C)CC3(C(C)=O)O2. The van der Waals surface area contributed by atoms with Gasteiger partial charge in [0.15, 0.2) is 23.0 Å². The molecule has 3 bridgehead atoms. The smallest absolute Gasteiger partial charge is 0.193 e. The summed E-state index contributed by atoms with van der Waals surface area (Å²) in [5.74, 6) is -3.91. The molecule has 5 fully saturated rings. The number of epoxide rings is 1. The monoisotopic (exact) mass is 528 g/mol. The van der Waals surface area contributed by atoms with Crippen LogP contribution >= 0.6 is 0 Å². The van der Waals surface area contributed by atoms with Crippen molar-refractivity contribution in [3.8, 4) is 0 Å². The topological polar surface area (TPSA) is 126 Å². The van der Waals surface area contributed by atoms with Crippen molar-refractivity contribution in [2.75, 3.05) is 6.61 Å². The van der Waals surface area contributed by atoms with Gasteiger partial charge in [0.25, 0.3) is 0 Å². The van der Waals surface area contributed by atoms with E-state index in [9.17, 15) is 24.9 Å². The first-order chi connectivity index (χ1) is 18.0. The molecule has 11 atom stereocenters. The summed E-state index contributed by atoms with van der Waals surface area (Å²) < 4.78 is 19.8. The highest BCUT2D eigenvalue weighted by Gasteiger charge is 2.87. The predicted octanol–water partition coefficient (Wildman–Crippen LogP) is 2.55. The van der Waals surface area contributed by atoms with E-state index in [1.807, 2.05) is 25.2 Å². The second-order valence-electron chi connectivity index (χ2n) is 12.6. The Bertz CT molecular complexity index is 1140. The van der Waals surface area contributed by atoms with Crippen molar-refractivity contribution in [1.82, 2.24) is 0 Å². The number of hydrogen-bond acceptors (Lipinski definition) is 8. The summed E-state index contributed by atoms with van der Waals surface area (Å²) in [4.78, 5) is 26.8. The van der Waals surface area contributed by atoms with Gasteiger partial charge in [0, 0.05) is 24.2 Å². The second kappa shape index (κ2) is 8.41. The number of ether oxygens (including phenoxy) is 3. The van der Waals surface area contributed by atoms with Gasteiger partial charge in [-0.1, -0.05) is 51.0 Å². The molecule has 0 amide bonds. The lowest BCUT2D eigenvalue weighted by Gasteiger charge is -2.59. The number of Topliss-reactive ketones (excluding diaryl/α,β-unsaturated/α-hetero) is 2. The summed E-state index contributed by atoms with van der Waals surface area (Å²) in [6.45, 7) is 6.75. The van der Waals surface area contributed by atoms with Crippen molar-refractivity contribution < 1.29 is 39.1 Å². The van der Waals surface area contributed by atoms with Gasteiger partial charge < -0.3 is 29.5 Å². The molecule has 2 saturated carbocycles. The first kappa shape index (κ1) is 26.5. The van der Waals surface area contributed by atoms with Crippen molar-refractivity contribution in [3.63, 3.8) is 0 Å². The maximum Gasteiger partial charge on any atom is 0.193 e. The number of fused-ring (bicyclic) bond motifs is 3. The van der Waals surface area contributed by atoms with E-state index in [1.54, 1.807) is 19.9 Å². The minimum absolute atomic E-state index is 0.0941. The van der Waals surface area contributed by atoms with E-state index in [0.29, 0.717) is 18.4 Å². The largest absolute Gasteiger partial charge is 0.393 e. The van der Waals surface area contributed by atoms with Crippen molar-refractivity contribution in [2.45, 2.75) is 107 Å². The van der Waals surface area contributed by atoms with Crippen LogP contribution in [-0.2, 0) is 23.8 Å². The van der Waals surface area contributed by atoms with E-state index >= 15 is 0 Å². The third-order valence-electron chi connectivity index (χ3n) is 10.6. The average Bonchev–Trinajstić information content (AvgIpc) is 3.52. The highest BCUT2D eigenvalue weighted by molar-refractivity contribution is 6.05. The Hall–Kier alpha value is -1.68. The highest BCUT2D eigenvalue weighted by atomic mass is 16.7. The molecule has 208 valence electrons. The molecule has 0 aromatic carbocycles. The summed E-state index contributed by atoms with van der Waals surface area (Å²) in [6.07, 6.45) is 12.4. The Morgan fingerprint density at radius 1 is 1.21 bits per heavy atom. The molecule has 3 N–H and O–H groups in total. The minimum atomic E-state index is -2.22. The van der Waals surface area contributed by atoms with Crippen LogP contribution in [0.25, 0.3) is 0 Å². The van der Waals surface area contributed by atoms with Gasteiger partial charge in [0.1, 0.15) is 17.3 Å². The summed E-state index contributed by atoms with van der Waals surface area (Å²) in [7, 11) is 0. The quantitative estimate of drug-likeness (QED) is 0.249. The maximum atomic E-state index is 13.5. The number of allylic oxidation sites excluding steroid dienone is 3. The predicted molar refractivity (Wildman–Crippen MR) is 137 cm³/mol. The lowest BCUT2D eigenvalue weighted by atomic mass is 9.50. The van der Waals surface area contributed by atoms with Gasteiger partial charge in [-0.3, -0.25) is 9.59 Å². The third kappa shape index (κ3) is 3.02. The summed E-state index contributed by atoms with van der Waals surface area (Å²) in [6, 6.07) is 0. The zero-order valence-electron chi connectivity index (χ0n) is 22.7. The fraction of sp³-hybridized carbons (Fsp3) is 0.733. The van der Waals surface area contributed by atoms with Gasteiger partial charge in [0.05, 0.1) is 18.3 Å². The van der Waals surface area contributed by atoms with E-state index in [1.165, 1.54) is 6.42 Å². The number of aliphatic hydroxyl groups excluding tert-OH is 2. The van der Waals surface area contributed by atoms with E-state index in [-0.39, 0.29) is 17.6 Å². The lowest BCUT2D eigenvalue weighted by Crippen LogP contribution is -2.70. The molecule has 0 aromatic heterocycles. The number of ketones is 2. The molecule has 11 unspecified atom stereocenters. The number of rotatable bonds is 8. The third-order valence-corrected chi connectivity index (χ3v) is 10.6. The molecule has 0 spiro atoms. The number of carbonyl (C=O) groups excluding carboxylic acids is 2. The van der Waals surface area contributed by atoms with Crippen LogP contribution < -0.4 is 0 Å². The lowest BCUT2D eigenvalue weighted by molar-refractivity contribution is -0.303. The van der Waals surface area contributed by atoms with E-state index in [0.717, 1.165) is 19.3 Å². The number of aliphatic hydroxyl groups is 3. The molecular formula is C30H40O8. The maximum absolute atomic E-state index is 13.5. The van der Waals surface area contributed by atoms with Crippen LogP contribution in [0.2, 0.25) is 0 Å². The Kier molecular flexibility index (Phi) is 5.88. The molecule has 8 heteroatoms. The zero-order chi connectivity index (χ0) is 27.3. The van der Waals surface area contributed by atoms with Crippen molar-refractivity contribution in [2.24, 2.45) is 23.7 Å². The minimum Gasteiger partial charge on any atom is -0.393 e. The molecule has 6 rings (SSSR count). The molecule has 6 aliphatic rings. The Balaban J connectivity index is 1.48. The van der Waals surface area contributed by atoms with Gasteiger partial charge in [-0.2, -0.15) is 0 Å². The normalized spacial score (nSPS) is 52.2. The highest BCUT2D eigenvalue weighted by Crippen LogP contribution is 2.74. The molecule has 3 heterocycles. The molecule has 3 aliphatic heterocycles. The number of unbranched alkanes of at least 4 members (excludes halogenated alkanes) is 3. The summed E-state index contributed by atoms with van der Waals surface area (Å²) >= 11 is 0. The van der Waals surface area contributed by atoms with Crippen LogP contribution in [0.3, 0.4) is 0 Å². The second-order valence-corrected chi connectivity index (χ2v) is 12.6. The molecule has 38 heavy (non-hydrogen) atoms. The molecule has 0 radical (unpaired) electrons. The molecule has 8 nitrogen and oxygen atoms in total. The molecule has 0 aromatic rings. The van der Waals surface area contributed by atoms with Crippen LogP contribution in [0, 0.1) is 23.7 Å². The fourth-order valence-corrected chi connectivity index (χ4v) is 8.89. The molecular weight excluding hydrogens is 488 g/mol. The zero-order valence-corrected chi connectivity index (χ0v) is 22.7. The van der Waals surface area contributed by atoms with Crippen LogP contribution in [0.5, 0.6) is 0 Å². The van der Waals surface area contributed by atoms with Gasteiger partial charge in [-0.15, -0.1) is 0 Å². The van der Waals surface area contributed by atoms with Crippen molar-refractivity contribution in [1.29, 1.82) is 0 Å². The van der Waals surface area contributed by atoms with E-state index < -0.39 is 64.6 Å². The van der Waals surface area contributed by atoms with E-state index in [4.69, 9.17) is 14.2 Å². The fourth-order valence-electron chi connectivity index (χ4n) is 8.89. The number of carbonyl (C=O) groups is 2. The van der Waals surface area contributed by atoms with Gasteiger partial charge in [0.2, 0.25) is 0 Å². The summed E-state index contributed by atoms with van der Waals surface area (Å²) in [5, 5.41) is 34.0. The standard InChI is InChI=1S/C30H40O8/c1-5-6-7-8-9-10-11-12-26-15-20-22-24-28(16-31,36-24)25(34)29(35)21(13-17(2)23(29)33)30(22,38-26)18(3)14-27(20,37-26)19(4)32/h9-13,18,20-22,24-25,31,34-35H,5-8,14-16H2,1-4H3. The van der Waals surface area contributed by atoms with Crippen LogP contribution in [0.15, 0.2) is 36.0 Å². The Morgan fingerprint density at radius 3 is 2.66 bits per heavy atom. The van der Waals surface area contributed by atoms with Crippen molar-refractivity contribution in [3.05, 3.63) is 36.0 Å². The van der Waals surface area contributed by atoms with Gasteiger partial charge in [-0.05, 0) is 50.7 Å². The van der Waals surface area contributed by atoms with Crippen molar-refractivity contribution >= 4 is 11.6 Å². The Morgan fingerprint density at radius 2 is 1.97 bits per heavy atom. The average molecular weight is 529 g/mol. The van der Waals surface area contributed by atoms with Crippen LogP contribution in [-0.4, -0.2) is 73.9 Å².